The quantitative estimate of drug-likeness (QED) is 0.708. The third-order valence-electron chi connectivity index (χ3n) is 6.91. The van der Waals surface area contributed by atoms with Crippen molar-refractivity contribution in [2.75, 3.05) is 20.2 Å². The van der Waals surface area contributed by atoms with Crippen LogP contribution in [0.2, 0.25) is 0 Å². The van der Waals surface area contributed by atoms with Crippen LogP contribution in [0, 0.1) is 0 Å². The van der Waals surface area contributed by atoms with Crippen molar-refractivity contribution in [3.63, 3.8) is 0 Å². The van der Waals surface area contributed by atoms with Gasteiger partial charge in [-0.15, -0.1) is 0 Å². The van der Waals surface area contributed by atoms with E-state index in [1.54, 1.807) is 16.9 Å². The van der Waals surface area contributed by atoms with Crippen LogP contribution in [0.15, 0.2) is 48.5 Å². The first-order chi connectivity index (χ1) is 14.9. The second-order valence-corrected chi connectivity index (χ2v) is 8.86. The van der Waals surface area contributed by atoms with Gasteiger partial charge in [-0.1, -0.05) is 36.4 Å². The van der Waals surface area contributed by atoms with Gasteiger partial charge in [-0.25, -0.2) is 0 Å². The number of para-hydroxylation sites is 2. The summed E-state index contributed by atoms with van der Waals surface area (Å²) in [6, 6.07) is 16.0. The van der Waals surface area contributed by atoms with Crippen LogP contribution in [0.1, 0.15) is 43.5 Å². The number of rotatable bonds is 3. The zero-order chi connectivity index (χ0) is 21.9. The summed E-state index contributed by atoms with van der Waals surface area (Å²) in [5.74, 6) is 0.623. The van der Waals surface area contributed by atoms with Crippen molar-refractivity contribution < 1.29 is 14.3 Å². The van der Waals surface area contributed by atoms with E-state index in [1.807, 2.05) is 63.2 Å². The molecule has 0 unspecified atom stereocenters. The molecule has 6 heteroatoms. The molecule has 3 heterocycles. The van der Waals surface area contributed by atoms with E-state index in [0.717, 1.165) is 33.5 Å². The Morgan fingerprint density at radius 1 is 1.10 bits per heavy atom. The molecule has 1 aromatic heterocycles. The maximum absolute atomic E-state index is 13.8. The molecule has 1 fully saturated rings. The Balaban J connectivity index is 1.80. The van der Waals surface area contributed by atoms with E-state index >= 15 is 0 Å². The molecular formula is C25H27N3O3. The lowest BCUT2D eigenvalue weighted by atomic mass is 9.76. The number of aromatic nitrogens is 1. The number of piperazine rings is 1. The highest BCUT2D eigenvalue weighted by Crippen LogP contribution is 2.49. The SMILES string of the molecule is COc1ccccc1[C@H]1CN2C(=O)CN(C(C)C)C(=O)[C@]2(C)c2[nH]c3ccccc3c21. The number of hydrogen-bond acceptors (Lipinski definition) is 3. The fourth-order valence-corrected chi connectivity index (χ4v) is 5.28. The predicted molar refractivity (Wildman–Crippen MR) is 119 cm³/mol. The van der Waals surface area contributed by atoms with Gasteiger partial charge in [0.25, 0.3) is 5.91 Å². The van der Waals surface area contributed by atoms with Crippen LogP contribution in [-0.2, 0) is 15.1 Å². The van der Waals surface area contributed by atoms with Gasteiger partial charge >= 0.3 is 0 Å². The fraction of sp³-hybridized carbons (Fsp3) is 0.360. The number of fused-ring (bicyclic) bond motifs is 5. The Hall–Kier alpha value is -3.28. The van der Waals surface area contributed by atoms with Crippen LogP contribution in [0.3, 0.4) is 0 Å². The molecule has 31 heavy (non-hydrogen) atoms. The molecule has 3 aromatic rings. The van der Waals surface area contributed by atoms with E-state index < -0.39 is 5.54 Å². The average molecular weight is 418 g/mol. The van der Waals surface area contributed by atoms with Crippen LogP contribution in [0.25, 0.3) is 10.9 Å². The number of aromatic amines is 1. The van der Waals surface area contributed by atoms with Crippen LogP contribution in [0.4, 0.5) is 0 Å². The zero-order valence-corrected chi connectivity index (χ0v) is 18.3. The van der Waals surface area contributed by atoms with Crippen LogP contribution < -0.4 is 4.74 Å². The Morgan fingerprint density at radius 3 is 2.55 bits per heavy atom. The number of carbonyl (C=O) groups is 2. The molecule has 2 aliphatic heterocycles. The lowest BCUT2D eigenvalue weighted by molar-refractivity contribution is -0.168. The highest BCUT2D eigenvalue weighted by Gasteiger charge is 2.56. The molecule has 160 valence electrons. The third-order valence-corrected chi connectivity index (χ3v) is 6.91. The number of nitrogens with one attached hydrogen (secondary N) is 1. The fourth-order valence-electron chi connectivity index (χ4n) is 5.28. The minimum absolute atomic E-state index is 0.0278. The Bertz CT molecular complexity index is 1200. The summed E-state index contributed by atoms with van der Waals surface area (Å²) in [6.45, 7) is 6.34. The number of benzene rings is 2. The zero-order valence-electron chi connectivity index (χ0n) is 18.3. The van der Waals surface area contributed by atoms with Gasteiger partial charge in [-0.3, -0.25) is 9.59 Å². The van der Waals surface area contributed by atoms with Crippen molar-refractivity contribution in [1.82, 2.24) is 14.8 Å². The van der Waals surface area contributed by atoms with Gasteiger partial charge in [-0.05, 0) is 38.5 Å². The Labute approximate surface area is 181 Å². The Kier molecular flexibility index (Phi) is 4.36. The van der Waals surface area contributed by atoms with Crippen LogP contribution in [0.5, 0.6) is 5.75 Å². The number of hydrogen-bond donors (Lipinski definition) is 1. The first-order valence-corrected chi connectivity index (χ1v) is 10.7. The molecule has 0 bridgehead atoms. The molecule has 5 rings (SSSR count). The molecular weight excluding hydrogens is 390 g/mol. The Morgan fingerprint density at radius 2 is 1.81 bits per heavy atom. The first kappa shape index (κ1) is 19.7. The second kappa shape index (κ2) is 6.87. The minimum Gasteiger partial charge on any atom is -0.496 e. The maximum Gasteiger partial charge on any atom is 0.255 e. The van der Waals surface area contributed by atoms with E-state index in [1.165, 1.54) is 0 Å². The van der Waals surface area contributed by atoms with E-state index in [-0.39, 0.29) is 30.3 Å². The number of methoxy groups -OCH3 is 1. The normalized spacial score (nSPS) is 23.3. The molecule has 2 aromatic carbocycles. The molecule has 2 aliphatic rings. The molecule has 6 nitrogen and oxygen atoms in total. The third kappa shape index (κ3) is 2.63. The van der Waals surface area contributed by atoms with Gasteiger partial charge in [0.1, 0.15) is 12.3 Å². The van der Waals surface area contributed by atoms with Gasteiger partial charge in [0.05, 0.1) is 12.8 Å². The molecule has 2 atom stereocenters. The minimum atomic E-state index is -1.06. The molecule has 0 aliphatic carbocycles. The van der Waals surface area contributed by atoms with Gasteiger partial charge < -0.3 is 19.5 Å². The summed E-state index contributed by atoms with van der Waals surface area (Å²) in [4.78, 5) is 34.1. The summed E-state index contributed by atoms with van der Waals surface area (Å²) in [7, 11) is 1.66. The van der Waals surface area contributed by atoms with Crippen molar-refractivity contribution in [3.05, 3.63) is 65.4 Å². The van der Waals surface area contributed by atoms with E-state index in [4.69, 9.17) is 4.74 Å². The summed E-state index contributed by atoms with van der Waals surface area (Å²) in [5, 5.41) is 1.08. The molecule has 1 saturated heterocycles. The number of H-pyrrole nitrogens is 1. The summed E-state index contributed by atoms with van der Waals surface area (Å²) in [6.07, 6.45) is 0. The number of amides is 2. The monoisotopic (exact) mass is 417 g/mol. The molecule has 0 radical (unpaired) electrons. The maximum atomic E-state index is 13.8. The average Bonchev–Trinajstić information content (AvgIpc) is 3.17. The lowest BCUT2D eigenvalue weighted by Gasteiger charge is -2.52. The highest BCUT2D eigenvalue weighted by molar-refractivity contribution is 6.01. The van der Waals surface area contributed by atoms with Crippen molar-refractivity contribution in [2.45, 2.75) is 38.3 Å². The predicted octanol–water partition coefficient (Wildman–Crippen LogP) is 3.62. The van der Waals surface area contributed by atoms with Crippen LogP contribution in [-0.4, -0.2) is 52.8 Å². The number of ether oxygens (including phenoxy) is 1. The smallest absolute Gasteiger partial charge is 0.255 e. The van der Waals surface area contributed by atoms with Crippen molar-refractivity contribution in [2.24, 2.45) is 0 Å². The van der Waals surface area contributed by atoms with Gasteiger partial charge in [0, 0.05) is 35.0 Å². The van der Waals surface area contributed by atoms with Gasteiger partial charge in [0.15, 0.2) is 5.54 Å². The molecule has 1 N–H and O–H groups in total. The van der Waals surface area contributed by atoms with Crippen molar-refractivity contribution in [1.29, 1.82) is 0 Å². The lowest BCUT2D eigenvalue weighted by Crippen LogP contribution is -2.68. The van der Waals surface area contributed by atoms with Gasteiger partial charge in [-0.2, -0.15) is 0 Å². The van der Waals surface area contributed by atoms with Crippen molar-refractivity contribution >= 4 is 22.7 Å². The molecule has 0 spiro atoms. The van der Waals surface area contributed by atoms with E-state index in [2.05, 4.69) is 11.1 Å². The van der Waals surface area contributed by atoms with Crippen LogP contribution >= 0.6 is 0 Å². The van der Waals surface area contributed by atoms with E-state index in [9.17, 15) is 9.59 Å². The van der Waals surface area contributed by atoms with Crippen molar-refractivity contribution in [3.8, 4) is 5.75 Å². The standard InChI is InChI=1S/C25H27N3O3/c1-15(2)27-14-21(29)28-13-18(16-9-6-8-12-20(16)31-4)22-17-10-5-7-11-19(17)26-23(22)25(28,3)24(27)30/h5-12,15,18,26H,13-14H2,1-4H3/t18-,25+/m1/s1. The van der Waals surface area contributed by atoms with Gasteiger partial charge in [0.2, 0.25) is 5.91 Å². The number of nitrogens with zero attached hydrogens (tertiary/aromatic N) is 2. The topological polar surface area (TPSA) is 65.6 Å². The largest absolute Gasteiger partial charge is 0.496 e. The summed E-state index contributed by atoms with van der Waals surface area (Å²) < 4.78 is 5.67. The second-order valence-electron chi connectivity index (χ2n) is 8.86. The van der Waals surface area contributed by atoms with E-state index in [0.29, 0.717) is 6.54 Å². The summed E-state index contributed by atoms with van der Waals surface area (Å²) >= 11 is 0. The first-order valence-electron chi connectivity index (χ1n) is 10.7. The molecule has 0 saturated carbocycles. The highest BCUT2D eigenvalue weighted by atomic mass is 16.5. The number of carbonyl (C=O) groups excluding carboxylic acids is 2. The molecule has 2 amide bonds. The summed E-state index contributed by atoms with van der Waals surface area (Å²) in [5.41, 5.74) is 2.80.